The minimum absolute atomic E-state index is 0.0504. The van der Waals surface area contributed by atoms with E-state index in [9.17, 15) is 17.6 Å². The molecule has 0 aliphatic rings. The molecule has 0 saturated heterocycles. The molecule has 0 saturated carbocycles. The molecule has 6 nitrogen and oxygen atoms in total. The number of anilines is 1. The van der Waals surface area contributed by atoms with Gasteiger partial charge in [-0.1, -0.05) is 6.07 Å². The van der Waals surface area contributed by atoms with E-state index >= 15 is 0 Å². The summed E-state index contributed by atoms with van der Waals surface area (Å²) in [6, 6.07) is 16.7. The van der Waals surface area contributed by atoms with Gasteiger partial charge in [-0.15, -0.1) is 0 Å². The van der Waals surface area contributed by atoms with Crippen LogP contribution in [0.4, 0.5) is 10.1 Å². The fourth-order valence-electron chi connectivity index (χ4n) is 3.42. The highest BCUT2D eigenvalue weighted by Crippen LogP contribution is 2.22. The highest BCUT2D eigenvalue weighted by atomic mass is 32.2. The lowest BCUT2D eigenvalue weighted by Gasteiger charge is -2.09. The number of hydrogen-bond acceptors (Lipinski definition) is 3. The SMILES string of the molecule is Cc1[nH]c2ccc(CNC(=O)c3ccc(NS(=O)(=O)c4ccc(F)cc4)cc3)cc2c1C. The van der Waals surface area contributed by atoms with Crippen LogP contribution in [0.1, 0.15) is 27.2 Å². The summed E-state index contributed by atoms with van der Waals surface area (Å²) in [7, 11) is -3.85. The standard InChI is InChI=1S/C24H22FN3O3S/c1-15-16(2)27-23-12-3-17(13-22(15)23)14-26-24(29)18-4-8-20(9-5-18)28-32(30,31)21-10-6-19(25)7-11-21/h3-13,27-28H,14H2,1-2H3,(H,26,29). The number of aromatic amines is 1. The Kier molecular flexibility index (Phi) is 5.71. The fourth-order valence-corrected chi connectivity index (χ4v) is 4.48. The second-order valence-electron chi connectivity index (χ2n) is 7.57. The third-order valence-corrected chi connectivity index (χ3v) is 6.75. The first-order valence-corrected chi connectivity index (χ1v) is 11.5. The first-order chi connectivity index (χ1) is 15.2. The van der Waals surface area contributed by atoms with Gasteiger partial charge in [-0.2, -0.15) is 0 Å². The lowest BCUT2D eigenvalue weighted by atomic mass is 10.1. The van der Waals surface area contributed by atoms with Crippen molar-refractivity contribution in [1.29, 1.82) is 0 Å². The Hall–Kier alpha value is -3.65. The fraction of sp³-hybridized carbons (Fsp3) is 0.125. The van der Waals surface area contributed by atoms with Crippen LogP contribution in [0.25, 0.3) is 10.9 Å². The third kappa shape index (κ3) is 4.50. The molecule has 0 bridgehead atoms. The molecule has 164 valence electrons. The predicted molar refractivity (Wildman–Crippen MR) is 123 cm³/mol. The van der Waals surface area contributed by atoms with Gasteiger partial charge in [-0.05, 0) is 85.6 Å². The zero-order chi connectivity index (χ0) is 22.9. The van der Waals surface area contributed by atoms with Gasteiger partial charge in [0.05, 0.1) is 4.90 Å². The number of amides is 1. The van der Waals surface area contributed by atoms with Crippen LogP contribution in [-0.4, -0.2) is 19.3 Å². The van der Waals surface area contributed by atoms with Crippen molar-refractivity contribution in [3.63, 3.8) is 0 Å². The highest BCUT2D eigenvalue weighted by Gasteiger charge is 2.15. The molecule has 3 aromatic carbocycles. The van der Waals surface area contributed by atoms with Gasteiger partial charge < -0.3 is 10.3 Å². The molecular formula is C24H22FN3O3S. The topological polar surface area (TPSA) is 91.1 Å². The van der Waals surface area contributed by atoms with E-state index in [-0.39, 0.29) is 10.8 Å². The van der Waals surface area contributed by atoms with Gasteiger partial charge in [0.15, 0.2) is 0 Å². The number of rotatable bonds is 6. The van der Waals surface area contributed by atoms with Crippen LogP contribution in [0.3, 0.4) is 0 Å². The Labute approximate surface area is 185 Å². The molecule has 0 aliphatic heterocycles. The summed E-state index contributed by atoms with van der Waals surface area (Å²) in [5, 5.41) is 4.01. The molecule has 0 spiro atoms. The summed E-state index contributed by atoms with van der Waals surface area (Å²) in [6.07, 6.45) is 0. The van der Waals surface area contributed by atoms with Gasteiger partial charge in [0.2, 0.25) is 0 Å². The normalized spacial score (nSPS) is 11.5. The van der Waals surface area contributed by atoms with Crippen LogP contribution in [0.2, 0.25) is 0 Å². The van der Waals surface area contributed by atoms with Crippen molar-refractivity contribution >= 4 is 32.5 Å². The summed E-state index contributed by atoms with van der Waals surface area (Å²) >= 11 is 0. The maximum atomic E-state index is 13.0. The number of hydrogen-bond donors (Lipinski definition) is 3. The van der Waals surface area contributed by atoms with E-state index in [1.165, 1.54) is 29.8 Å². The largest absolute Gasteiger partial charge is 0.358 e. The predicted octanol–water partition coefficient (Wildman–Crippen LogP) is 4.65. The number of benzene rings is 3. The van der Waals surface area contributed by atoms with Crippen LogP contribution >= 0.6 is 0 Å². The third-order valence-electron chi connectivity index (χ3n) is 5.35. The van der Waals surface area contributed by atoms with E-state index in [4.69, 9.17) is 0 Å². The molecule has 0 fully saturated rings. The smallest absolute Gasteiger partial charge is 0.261 e. The quantitative estimate of drug-likeness (QED) is 0.398. The molecule has 1 heterocycles. The number of aryl methyl sites for hydroxylation is 2. The molecule has 8 heteroatoms. The Bertz CT molecular complexity index is 1390. The Morgan fingerprint density at radius 3 is 2.34 bits per heavy atom. The van der Waals surface area contributed by atoms with Crippen molar-refractivity contribution in [3.05, 3.63) is 94.9 Å². The van der Waals surface area contributed by atoms with Gasteiger partial charge >= 0.3 is 0 Å². The molecule has 4 aromatic rings. The lowest BCUT2D eigenvalue weighted by Crippen LogP contribution is -2.22. The maximum absolute atomic E-state index is 13.0. The molecule has 0 radical (unpaired) electrons. The first-order valence-electron chi connectivity index (χ1n) is 9.97. The van der Waals surface area contributed by atoms with Crippen molar-refractivity contribution in [1.82, 2.24) is 10.3 Å². The summed E-state index contributed by atoms with van der Waals surface area (Å²) in [5.41, 5.74) is 5.06. The molecule has 4 rings (SSSR count). The number of halogens is 1. The molecule has 0 unspecified atom stereocenters. The van der Waals surface area contributed by atoms with Gasteiger partial charge in [0.25, 0.3) is 15.9 Å². The molecule has 32 heavy (non-hydrogen) atoms. The summed E-state index contributed by atoms with van der Waals surface area (Å²) < 4.78 is 40.2. The monoisotopic (exact) mass is 451 g/mol. The number of nitrogens with one attached hydrogen (secondary N) is 3. The number of carbonyl (C=O) groups is 1. The number of sulfonamides is 1. The molecular weight excluding hydrogens is 429 g/mol. The van der Waals surface area contributed by atoms with Crippen molar-refractivity contribution in [2.45, 2.75) is 25.3 Å². The number of fused-ring (bicyclic) bond motifs is 1. The summed E-state index contributed by atoms with van der Waals surface area (Å²) in [4.78, 5) is 15.8. The Balaban J connectivity index is 1.41. The van der Waals surface area contributed by atoms with Crippen LogP contribution < -0.4 is 10.0 Å². The van der Waals surface area contributed by atoms with Crippen LogP contribution in [0.15, 0.2) is 71.6 Å². The second-order valence-corrected chi connectivity index (χ2v) is 9.26. The average molecular weight is 452 g/mol. The summed E-state index contributed by atoms with van der Waals surface area (Å²) in [5.74, 6) is -0.780. The minimum Gasteiger partial charge on any atom is -0.358 e. The van der Waals surface area contributed by atoms with Gasteiger partial charge in [0.1, 0.15) is 5.82 Å². The van der Waals surface area contributed by atoms with E-state index in [1.54, 1.807) is 12.1 Å². The van der Waals surface area contributed by atoms with E-state index in [1.807, 2.05) is 19.1 Å². The zero-order valence-electron chi connectivity index (χ0n) is 17.6. The number of H-pyrrole nitrogens is 1. The first kappa shape index (κ1) is 21.6. The number of aromatic nitrogens is 1. The Morgan fingerprint density at radius 1 is 0.969 bits per heavy atom. The van der Waals surface area contributed by atoms with E-state index < -0.39 is 15.8 Å². The summed E-state index contributed by atoms with van der Waals surface area (Å²) in [6.45, 7) is 4.46. The van der Waals surface area contributed by atoms with Crippen LogP contribution in [0, 0.1) is 19.7 Å². The minimum atomic E-state index is -3.85. The average Bonchev–Trinajstić information content (AvgIpc) is 3.06. The van der Waals surface area contributed by atoms with Gasteiger partial charge in [0, 0.05) is 34.4 Å². The highest BCUT2D eigenvalue weighted by molar-refractivity contribution is 7.92. The van der Waals surface area contributed by atoms with Crippen molar-refractivity contribution in [2.24, 2.45) is 0 Å². The van der Waals surface area contributed by atoms with Gasteiger partial charge in [-0.25, -0.2) is 12.8 Å². The lowest BCUT2D eigenvalue weighted by molar-refractivity contribution is 0.0951. The molecule has 0 atom stereocenters. The van der Waals surface area contributed by atoms with Crippen molar-refractivity contribution in [3.8, 4) is 0 Å². The zero-order valence-corrected chi connectivity index (χ0v) is 18.4. The van der Waals surface area contributed by atoms with Gasteiger partial charge in [-0.3, -0.25) is 9.52 Å². The maximum Gasteiger partial charge on any atom is 0.261 e. The van der Waals surface area contributed by atoms with Crippen LogP contribution in [0.5, 0.6) is 0 Å². The molecule has 1 amide bonds. The second kappa shape index (κ2) is 8.47. The molecule has 0 aliphatic carbocycles. The van der Waals surface area contributed by atoms with E-state index in [0.29, 0.717) is 17.8 Å². The van der Waals surface area contributed by atoms with Crippen LogP contribution in [-0.2, 0) is 16.6 Å². The van der Waals surface area contributed by atoms with E-state index in [0.717, 1.165) is 34.3 Å². The van der Waals surface area contributed by atoms with E-state index in [2.05, 4.69) is 28.0 Å². The van der Waals surface area contributed by atoms with Crippen molar-refractivity contribution < 1.29 is 17.6 Å². The van der Waals surface area contributed by atoms with Crippen molar-refractivity contribution in [2.75, 3.05) is 4.72 Å². The number of carbonyl (C=O) groups excluding carboxylic acids is 1. The molecule has 3 N–H and O–H groups in total. The Morgan fingerprint density at radius 2 is 1.66 bits per heavy atom. The molecule has 1 aromatic heterocycles.